The van der Waals surface area contributed by atoms with E-state index in [1.165, 1.54) is 12.5 Å². The van der Waals surface area contributed by atoms with Crippen LogP contribution in [0.2, 0.25) is 5.02 Å². The highest BCUT2D eigenvalue weighted by molar-refractivity contribution is 6.30. The van der Waals surface area contributed by atoms with E-state index in [1.54, 1.807) is 12.1 Å². The van der Waals surface area contributed by atoms with Gasteiger partial charge in [-0.25, -0.2) is 4.39 Å². The minimum atomic E-state index is -0.224. The molecule has 3 heteroatoms. The van der Waals surface area contributed by atoms with Gasteiger partial charge in [0.15, 0.2) is 0 Å². The van der Waals surface area contributed by atoms with Gasteiger partial charge < -0.3 is 5.32 Å². The Morgan fingerprint density at radius 2 is 2.29 bits per heavy atom. The molecule has 0 heterocycles. The van der Waals surface area contributed by atoms with E-state index in [-0.39, 0.29) is 5.82 Å². The van der Waals surface area contributed by atoms with Gasteiger partial charge in [0.25, 0.3) is 0 Å². The fourth-order valence-corrected chi connectivity index (χ4v) is 1.67. The van der Waals surface area contributed by atoms with Gasteiger partial charge in [-0.15, -0.1) is 0 Å². The van der Waals surface area contributed by atoms with Crippen molar-refractivity contribution in [2.75, 3.05) is 0 Å². The molecule has 14 heavy (non-hydrogen) atoms. The van der Waals surface area contributed by atoms with E-state index in [0.717, 1.165) is 5.92 Å². The van der Waals surface area contributed by atoms with E-state index in [0.29, 0.717) is 23.2 Å². The summed E-state index contributed by atoms with van der Waals surface area (Å²) in [5.74, 6) is 0.517. The second-order valence-corrected chi connectivity index (χ2v) is 4.37. The van der Waals surface area contributed by atoms with Crippen LogP contribution in [0.4, 0.5) is 4.39 Å². The molecule has 1 aromatic carbocycles. The molecule has 1 aliphatic carbocycles. The molecule has 1 nitrogen and oxygen atoms in total. The average Bonchev–Trinajstić information content (AvgIpc) is 2.80. The fourth-order valence-electron chi connectivity index (χ4n) is 1.51. The highest BCUT2D eigenvalue weighted by atomic mass is 35.5. The van der Waals surface area contributed by atoms with Crippen LogP contribution in [0.15, 0.2) is 18.2 Å². The predicted octanol–water partition coefficient (Wildman–Crippen LogP) is 2.98. The molecule has 1 N–H and O–H groups in total. The summed E-state index contributed by atoms with van der Waals surface area (Å²) >= 11 is 5.65. The standard InChI is InChI=1S/C11H13ClFN/c1-7-4-11(7)14-6-8-2-3-9(12)5-10(8)13/h2-3,5,7,11,14H,4,6H2,1H3/t7-,11-/m1/s1. The van der Waals surface area contributed by atoms with Crippen LogP contribution in [0.5, 0.6) is 0 Å². The van der Waals surface area contributed by atoms with Crippen molar-refractivity contribution in [1.82, 2.24) is 5.32 Å². The van der Waals surface area contributed by atoms with Crippen LogP contribution in [0.3, 0.4) is 0 Å². The Kier molecular flexibility index (Phi) is 2.75. The monoisotopic (exact) mass is 213 g/mol. The molecule has 0 saturated heterocycles. The van der Waals surface area contributed by atoms with Gasteiger partial charge in [0, 0.05) is 23.2 Å². The number of benzene rings is 1. The highest BCUT2D eigenvalue weighted by Crippen LogP contribution is 2.29. The molecule has 1 saturated carbocycles. The first kappa shape index (κ1) is 9.94. The molecule has 1 aromatic rings. The third-order valence-electron chi connectivity index (χ3n) is 2.68. The summed E-state index contributed by atoms with van der Waals surface area (Å²) in [6.07, 6.45) is 1.20. The molecular weight excluding hydrogens is 201 g/mol. The second kappa shape index (κ2) is 3.87. The zero-order valence-electron chi connectivity index (χ0n) is 8.06. The third kappa shape index (κ3) is 2.25. The van der Waals surface area contributed by atoms with E-state index in [1.807, 2.05) is 0 Å². The summed E-state index contributed by atoms with van der Waals surface area (Å²) in [6, 6.07) is 5.38. The lowest BCUT2D eigenvalue weighted by molar-refractivity contribution is 0.580. The minimum Gasteiger partial charge on any atom is -0.310 e. The number of hydrogen-bond acceptors (Lipinski definition) is 1. The summed E-state index contributed by atoms with van der Waals surface area (Å²) in [5, 5.41) is 3.75. The van der Waals surface area contributed by atoms with E-state index < -0.39 is 0 Å². The zero-order valence-corrected chi connectivity index (χ0v) is 8.81. The highest BCUT2D eigenvalue weighted by Gasteiger charge is 2.31. The van der Waals surface area contributed by atoms with Crippen molar-refractivity contribution in [3.8, 4) is 0 Å². The van der Waals surface area contributed by atoms with Gasteiger partial charge >= 0.3 is 0 Å². The van der Waals surface area contributed by atoms with Crippen molar-refractivity contribution in [1.29, 1.82) is 0 Å². The van der Waals surface area contributed by atoms with Crippen molar-refractivity contribution in [2.24, 2.45) is 5.92 Å². The van der Waals surface area contributed by atoms with Crippen molar-refractivity contribution < 1.29 is 4.39 Å². The first-order chi connectivity index (χ1) is 6.66. The van der Waals surface area contributed by atoms with Gasteiger partial charge in [-0.1, -0.05) is 24.6 Å². The maximum absolute atomic E-state index is 13.3. The molecule has 76 valence electrons. The Labute approximate surface area is 88.3 Å². The van der Waals surface area contributed by atoms with Crippen LogP contribution in [0.1, 0.15) is 18.9 Å². The molecule has 2 rings (SSSR count). The lowest BCUT2D eigenvalue weighted by atomic mass is 10.2. The molecule has 0 bridgehead atoms. The topological polar surface area (TPSA) is 12.0 Å². The molecule has 2 atom stereocenters. The molecule has 1 fully saturated rings. The van der Waals surface area contributed by atoms with E-state index >= 15 is 0 Å². The van der Waals surface area contributed by atoms with Crippen LogP contribution in [-0.4, -0.2) is 6.04 Å². The second-order valence-electron chi connectivity index (χ2n) is 3.94. The average molecular weight is 214 g/mol. The van der Waals surface area contributed by atoms with Crippen molar-refractivity contribution in [3.63, 3.8) is 0 Å². The SMILES string of the molecule is C[C@@H]1C[C@H]1NCc1ccc(Cl)cc1F. The first-order valence-corrected chi connectivity index (χ1v) is 5.22. The Morgan fingerprint density at radius 1 is 1.57 bits per heavy atom. The molecule has 0 radical (unpaired) electrons. The van der Waals surface area contributed by atoms with Crippen molar-refractivity contribution >= 4 is 11.6 Å². The molecule has 1 aliphatic rings. The Morgan fingerprint density at radius 3 is 2.86 bits per heavy atom. The Hall–Kier alpha value is -0.600. The summed E-state index contributed by atoms with van der Waals surface area (Å²) in [4.78, 5) is 0. The predicted molar refractivity (Wildman–Crippen MR) is 55.8 cm³/mol. The maximum Gasteiger partial charge on any atom is 0.129 e. The van der Waals surface area contributed by atoms with Gasteiger partial charge in [0.2, 0.25) is 0 Å². The zero-order chi connectivity index (χ0) is 10.1. The number of nitrogens with one attached hydrogen (secondary N) is 1. The summed E-state index contributed by atoms with van der Waals surface area (Å²) in [5.41, 5.74) is 0.688. The minimum absolute atomic E-state index is 0.224. The normalized spacial score (nSPS) is 25.1. The number of rotatable bonds is 3. The quantitative estimate of drug-likeness (QED) is 0.814. The fraction of sp³-hybridized carbons (Fsp3) is 0.455. The van der Waals surface area contributed by atoms with Crippen LogP contribution in [0.25, 0.3) is 0 Å². The van der Waals surface area contributed by atoms with Gasteiger partial charge in [-0.2, -0.15) is 0 Å². The first-order valence-electron chi connectivity index (χ1n) is 4.84. The Balaban J connectivity index is 1.95. The molecule has 0 spiro atoms. The van der Waals surface area contributed by atoms with Gasteiger partial charge in [-0.05, 0) is 24.5 Å². The van der Waals surface area contributed by atoms with Crippen molar-refractivity contribution in [3.05, 3.63) is 34.6 Å². The molecule has 0 aromatic heterocycles. The molecular formula is C11H13ClFN. The van der Waals surface area contributed by atoms with Crippen LogP contribution < -0.4 is 5.32 Å². The molecule has 0 amide bonds. The Bertz CT molecular complexity index is 340. The summed E-state index contributed by atoms with van der Waals surface area (Å²) < 4.78 is 13.3. The van der Waals surface area contributed by atoms with Gasteiger partial charge in [-0.3, -0.25) is 0 Å². The molecule has 0 aliphatic heterocycles. The lowest BCUT2D eigenvalue weighted by Crippen LogP contribution is -2.17. The number of halogens is 2. The van der Waals surface area contributed by atoms with Crippen LogP contribution >= 0.6 is 11.6 Å². The molecule has 0 unspecified atom stereocenters. The van der Waals surface area contributed by atoms with E-state index in [4.69, 9.17) is 11.6 Å². The van der Waals surface area contributed by atoms with Crippen molar-refractivity contribution in [2.45, 2.75) is 25.9 Å². The van der Waals surface area contributed by atoms with E-state index in [9.17, 15) is 4.39 Å². The maximum atomic E-state index is 13.3. The largest absolute Gasteiger partial charge is 0.310 e. The van der Waals surface area contributed by atoms with Crippen LogP contribution in [0, 0.1) is 11.7 Å². The van der Waals surface area contributed by atoms with Gasteiger partial charge in [0.1, 0.15) is 5.82 Å². The van der Waals surface area contributed by atoms with E-state index in [2.05, 4.69) is 12.2 Å². The summed E-state index contributed by atoms with van der Waals surface area (Å²) in [7, 11) is 0. The smallest absolute Gasteiger partial charge is 0.129 e. The van der Waals surface area contributed by atoms with Gasteiger partial charge in [0.05, 0.1) is 0 Å². The summed E-state index contributed by atoms with van der Waals surface area (Å²) in [6.45, 7) is 2.79. The lowest BCUT2D eigenvalue weighted by Gasteiger charge is -2.04. The van der Waals surface area contributed by atoms with Crippen LogP contribution in [-0.2, 0) is 6.54 Å². The third-order valence-corrected chi connectivity index (χ3v) is 2.91. The number of hydrogen-bond donors (Lipinski definition) is 1.